The van der Waals surface area contributed by atoms with Crippen molar-refractivity contribution < 1.29 is 4.74 Å². The van der Waals surface area contributed by atoms with Gasteiger partial charge in [-0.2, -0.15) is 11.8 Å². The van der Waals surface area contributed by atoms with Gasteiger partial charge < -0.3 is 4.74 Å². The van der Waals surface area contributed by atoms with Gasteiger partial charge in [0.05, 0.1) is 12.9 Å². The molecule has 1 nitrogen and oxygen atoms in total. The van der Waals surface area contributed by atoms with Crippen LogP contribution in [0.1, 0.15) is 39.5 Å². The van der Waals surface area contributed by atoms with Crippen molar-refractivity contribution >= 4 is 11.8 Å². The van der Waals surface area contributed by atoms with Gasteiger partial charge in [-0.15, -0.1) is 0 Å². The largest absolute Gasteiger partial charge is 0.502 e. The lowest BCUT2D eigenvalue weighted by atomic mass is 9.74. The van der Waals surface area contributed by atoms with Gasteiger partial charge in [-0.25, -0.2) is 0 Å². The smallest absolute Gasteiger partial charge is 0.0878 e. The lowest BCUT2D eigenvalue weighted by Gasteiger charge is -2.32. The molecule has 0 saturated carbocycles. The molecule has 0 aliphatic carbocycles. The van der Waals surface area contributed by atoms with Gasteiger partial charge in [0.1, 0.15) is 0 Å². The highest BCUT2D eigenvalue weighted by Crippen LogP contribution is 2.57. The molecule has 0 N–H and O–H groups in total. The molecule has 2 aliphatic rings. The van der Waals surface area contributed by atoms with E-state index < -0.39 is 0 Å². The number of rotatable bonds is 4. The summed E-state index contributed by atoms with van der Waals surface area (Å²) in [4.78, 5) is 0. The summed E-state index contributed by atoms with van der Waals surface area (Å²) in [6, 6.07) is 0. The fourth-order valence-electron chi connectivity index (χ4n) is 2.74. The van der Waals surface area contributed by atoms with Gasteiger partial charge in [0.15, 0.2) is 0 Å². The second-order valence-corrected chi connectivity index (χ2v) is 6.28. The first-order valence-corrected chi connectivity index (χ1v) is 6.57. The number of ether oxygens (including phenoxy) is 1. The first kappa shape index (κ1) is 10.4. The third-order valence-corrected chi connectivity index (χ3v) is 5.52. The van der Waals surface area contributed by atoms with Crippen molar-refractivity contribution in [3.05, 3.63) is 12.3 Å². The van der Waals surface area contributed by atoms with Crippen LogP contribution in [0.3, 0.4) is 0 Å². The van der Waals surface area contributed by atoms with Crippen molar-refractivity contribution in [3.8, 4) is 0 Å². The quantitative estimate of drug-likeness (QED) is 0.520. The Bertz CT molecular complexity index is 226. The Hall–Kier alpha value is -0.110. The zero-order valence-corrected chi connectivity index (χ0v) is 9.98. The van der Waals surface area contributed by atoms with Crippen molar-refractivity contribution in [3.63, 3.8) is 0 Å². The van der Waals surface area contributed by atoms with Gasteiger partial charge in [0.25, 0.3) is 0 Å². The Kier molecular flexibility index (Phi) is 3.10. The maximum atomic E-state index is 5.43. The molecule has 0 spiro atoms. The summed E-state index contributed by atoms with van der Waals surface area (Å²) in [5.41, 5.74) is 0.565. The first-order valence-electron chi connectivity index (χ1n) is 5.63. The van der Waals surface area contributed by atoms with E-state index in [9.17, 15) is 0 Å². The maximum Gasteiger partial charge on any atom is 0.0878 e. The summed E-state index contributed by atoms with van der Waals surface area (Å²) in [6.45, 7) is 5.34. The lowest BCUT2D eigenvalue weighted by Crippen LogP contribution is -2.29. The van der Waals surface area contributed by atoms with Crippen LogP contribution in [0, 0.1) is 5.41 Å². The summed E-state index contributed by atoms with van der Waals surface area (Å²) in [7, 11) is 0. The number of hydrogen-bond donors (Lipinski definition) is 0. The normalized spacial score (nSPS) is 41.0. The molecule has 2 aliphatic heterocycles. The molecule has 2 saturated heterocycles. The number of thioether (sulfide) groups is 1. The SMILES string of the molecule is C/C=C/OCCC1(C)CC2CCC1S2. The van der Waals surface area contributed by atoms with Crippen LogP contribution in [0.15, 0.2) is 12.3 Å². The van der Waals surface area contributed by atoms with E-state index in [2.05, 4.69) is 18.7 Å². The van der Waals surface area contributed by atoms with E-state index in [-0.39, 0.29) is 0 Å². The van der Waals surface area contributed by atoms with Crippen molar-refractivity contribution in [1.82, 2.24) is 0 Å². The molecule has 2 rings (SSSR count). The highest BCUT2D eigenvalue weighted by atomic mass is 32.2. The van der Waals surface area contributed by atoms with Crippen molar-refractivity contribution in [2.75, 3.05) is 6.61 Å². The fourth-order valence-corrected chi connectivity index (χ4v) is 4.77. The van der Waals surface area contributed by atoms with Crippen LogP contribution in [0.5, 0.6) is 0 Å². The Morgan fingerprint density at radius 2 is 2.36 bits per heavy atom. The van der Waals surface area contributed by atoms with Crippen molar-refractivity contribution in [2.24, 2.45) is 5.41 Å². The van der Waals surface area contributed by atoms with Crippen molar-refractivity contribution in [2.45, 2.75) is 50.0 Å². The van der Waals surface area contributed by atoms with Crippen LogP contribution in [0.4, 0.5) is 0 Å². The standard InChI is InChI=1S/C12H20OS/c1-3-7-13-8-6-12(2)9-10-4-5-11(12)14-10/h3,7,10-11H,4-6,8-9H2,1-2H3/b7-3+. The topological polar surface area (TPSA) is 9.23 Å². The molecule has 3 unspecified atom stereocenters. The molecular formula is C12H20OS. The fraction of sp³-hybridized carbons (Fsp3) is 0.833. The second kappa shape index (κ2) is 4.18. The lowest BCUT2D eigenvalue weighted by molar-refractivity contribution is 0.156. The Balaban J connectivity index is 1.79. The van der Waals surface area contributed by atoms with Crippen LogP contribution < -0.4 is 0 Å². The number of allylic oxidation sites excluding steroid dienone is 1. The van der Waals surface area contributed by atoms with Crippen LogP contribution in [0.25, 0.3) is 0 Å². The molecule has 2 heterocycles. The molecule has 2 heteroatoms. The summed E-state index contributed by atoms with van der Waals surface area (Å²) in [6.07, 6.45) is 9.31. The number of hydrogen-bond acceptors (Lipinski definition) is 2. The molecule has 0 radical (unpaired) electrons. The predicted molar refractivity (Wildman–Crippen MR) is 62.5 cm³/mol. The van der Waals surface area contributed by atoms with Gasteiger partial charge in [-0.1, -0.05) is 13.0 Å². The zero-order chi connectivity index (χ0) is 10.0. The minimum Gasteiger partial charge on any atom is -0.502 e. The predicted octanol–water partition coefficient (Wildman–Crippen LogP) is 3.60. The summed E-state index contributed by atoms with van der Waals surface area (Å²) >= 11 is 2.23. The average molecular weight is 212 g/mol. The van der Waals surface area contributed by atoms with Gasteiger partial charge >= 0.3 is 0 Å². The van der Waals surface area contributed by atoms with Crippen LogP contribution >= 0.6 is 11.8 Å². The second-order valence-electron chi connectivity index (χ2n) is 4.77. The minimum absolute atomic E-state index is 0.565. The third-order valence-electron chi connectivity index (χ3n) is 3.60. The molecule has 3 atom stereocenters. The van der Waals surface area contributed by atoms with E-state index >= 15 is 0 Å². The highest BCUT2D eigenvalue weighted by molar-refractivity contribution is 8.01. The average Bonchev–Trinajstić information content (AvgIpc) is 2.72. The Morgan fingerprint density at radius 1 is 1.50 bits per heavy atom. The van der Waals surface area contributed by atoms with Gasteiger partial charge in [-0.05, 0) is 38.0 Å². The third kappa shape index (κ3) is 1.95. The Morgan fingerprint density at radius 3 is 2.93 bits per heavy atom. The molecule has 2 fully saturated rings. The molecule has 0 aromatic heterocycles. The molecule has 2 bridgehead atoms. The monoisotopic (exact) mass is 212 g/mol. The maximum absolute atomic E-state index is 5.43. The Labute approximate surface area is 91.3 Å². The minimum atomic E-state index is 0.565. The van der Waals surface area contributed by atoms with Gasteiger partial charge in [0.2, 0.25) is 0 Å². The van der Waals surface area contributed by atoms with Gasteiger partial charge in [-0.3, -0.25) is 0 Å². The van der Waals surface area contributed by atoms with Gasteiger partial charge in [0, 0.05) is 10.5 Å². The van der Waals surface area contributed by atoms with Crippen LogP contribution in [-0.2, 0) is 4.74 Å². The van der Waals surface area contributed by atoms with Crippen LogP contribution in [0.2, 0.25) is 0 Å². The van der Waals surface area contributed by atoms with Crippen LogP contribution in [-0.4, -0.2) is 17.1 Å². The molecule has 0 amide bonds. The summed E-state index contributed by atoms with van der Waals surface area (Å²) in [5, 5.41) is 1.88. The van der Waals surface area contributed by atoms with Crippen molar-refractivity contribution in [1.29, 1.82) is 0 Å². The molecule has 0 aromatic rings. The highest BCUT2D eigenvalue weighted by Gasteiger charge is 2.48. The molecule has 0 aromatic carbocycles. The van der Waals surface area contributed by atoms with E-state index in [0.717, 1.165) is 17.1 Å². The first-order chi connectivity index (χ1) is 6.74. The van der Waals surface area contributed by atoms with E-state index in [0.29, 0.717) is 5.41 Å². The van der Waals surface area contributed by atoms with E-state index in [1.807, 2.05) is 19.3 Å². The summed E-state index contributed by atoms with van der Waals surface area (Å²) in [5.74, 6) is 0. The molecule has 14 heavy (non-hydrogen) atoms. The molecular weight excluding hydrogens is 192 g/mol. The number of fused-ring (bicyclic) bond motifs is 2. The van der Waals surface area contributed by atoms with E-state index in [1.165, 1.54) is 25.7 Å². The summed E-state index contributed by atoms with van der Waals surface area (Å²) < 4.78 is 5.43. The zero-order valence-electron chi connectivity index (χ0n) is 9.16. The van der Waals surface area contributed by atoms with E-state index in [4.69, 9.17) is 4.74 Å². The van der Waals surface area contributed by atoms with E-state index in [1.54, 1.807) is 0 Å². The molecule has 80 valence electrons.